The summed E-state index contributed by atoms with van der Waals surface area (Å²) in [6.07, 6.45) is 1.59. The van der Waals surface area contributed by atoms with Crippen molar-refractivity contribution in [1.82, 2.24) is 9.88 Å². The number of anilines is 1. The van der Waals surface area contributed by atoms with E-state index in [-0.39, 0.29) is 10.7 Å². The van der Waals surface area contributed by atoms with Crippen LogP contribution in [0.3, 0.4) is 0 Å². The molecule has 1 aromatic heterocycles. The van der Waals surface area contributed by atoms with Crippen LogP contribution in [0.15, 0.2) is 35.9 Å². The maximum Gasteiger partial charge on any atom is 0.270 e. The molecule has 1 aromatic carbocycles. The Kier molecular flexibility index (Phi) is 4.49. The van der Waals surface area contributed by atoms with Gasteiger partial charge in [-0.1, -0.05) is 23.7 Å². The number of carbonyl (C=O) groups is 2. The van der Waals surface area contributed by atoms with Crippen molar-refractivity contribution in [2.24, 2.45) is 7.05 Å². The molecule has 2 amide bonds. The van der Waals surface area contributed by atoms with Gasteiger partial charge in [0.1, 0.15) is 5.57 Å². The minimum absolute atomic E-state index is 0.0150. The van der Waals surface area contributed by atoms with Crippen molar-refractivity contribution in [2.75, 3.05) is 4.90 Å². The number of aryl methyl sites for hydroxylation is 1. The van der Waals surface area contributed by atoms with Crippen molar-refractivity contribution in [3.8, 4) is 0 Å². The maximum absolute atomic E-state index is 13.0. The van der Waals surface area contributed by atoms with Crippen molar-refractivity contribution in [2.45, 2.75) is 13.8 Å². The van der Waals surface area contributed by atoms with Crippen molar-refractivity contribution >= 4 is 52.5 Å². The lowest BCUT2D eigenvalue weighted by Gasteiger charge is -2.29. The second kappa shape index (κ2) is 6.46. The number of hydrogen-bond donors (Lipinski definition) is 1. The summed E-state index contributed by atoms with van der Waals surface area (Å²) in [5, 5.41) is 2.95. The van der Waals surface area contributed by atoms with Gasteiger partial charge < -0.3 is 4.57 Å². The number of hydrogen-bond acceptors (Lipinski definition) is 3. The normalized spacial score (nSPS) is 16.6. The highest BCUT2D eigenvalue weighted by Crippen LogP contribution is 2.29. The second-order valence-corrected chi connectivity index (χ2v) is 6.59. The Morgan fingerprint density at radius 1 is 1.20 bits per heavy atom. The lowest BCUT2D eigenvalue weighted by Crippen LogP contribution is -2.54. The molecule has 0 saturated carbocycles. The van der Waals surface area contributed by atoms with Gasteiger partial charge >= 0.3 is 0 Å². The quantitative estimate of drug-likeness (QED) is 0.500. The van der Waals surface area contributed by atoms with E-state index in [4.69, 9.17) is 23.8 Å². The number of nitrogens with one attached hydrogen (secondary N) is 1. The first-order valence-electron chi connectivity index (χ1n) is 7.60. The molecular formula is C18H16ClN3O2S. The number of aromatic nitrogens is 1. The molecule has 0 spiro atoms. The third kappa shape index (κ3) is 2.99. The zero-order valence-corrected chi connectivity index (χ0v) is 15.5. The van der Waals surface area contributed by atoms with E-state index in [0.29, 0.717) is 10.7 Å². The molecule has 0 aliphatic carbocycles. The summed E-state index contributed by atoms with van der Waals surface area (Å²) in [5.41, 5.74) is 3.26. The van der Waals surface area contributed by atoms with Crippen LogP contribution in [-0.4, -0.2) is 21.5 Å². The van der Waals surface area contributed by atoms with Gasteiger partial charge in [-0.3, -0.25) is 19.8 Å². The Morgan fingerprint density at radius 2 is 1.88 bits per heavy atom. The first-order chi connectivity index (χ1) is 11.8. The summed E-state index contributed by atoms with van der Waals surface area (Å²) in [6.45, 7) is 3.89. The first-order valence-corrected chi connectivity index (χ1v) is 8.38. The van der Waals surface area contributed by atoms with E-state index in [2.05, 4.69) is 5.32 Å². The Balaban J connectivity index is 2.08. The van der Waals surface area contributed by atoms with E-state index in [1.807, 2.05) is 31.5 Å². The molecular weight excluding hydrogens is 358 g/mol. The number of carbonyl (C=O) groups excluding carboxylic acids is 2. The molecule has 128 valence electrons. The van der Waals surface area contributed by atoms with Gasteiger partial charge in [0.15, 0.2) is 5.11 Å². The molecule has 2 heterocycles. The zero-order valence-electron chi connectivity index (χ0n) is 14.0. The fourth-order valence-electron chi connectivity index (χ4n) is 2.70. The Hall–Kier alpha value is -2.44. The van der Waals surface area contributed by atoms with Gasteiger partial charge in [-0.2, -0.15) is 0 Å². The van der Waals surface area contributed by atoms with E-state index >= 15 is 0 Å². The molecule has 1 fully saturated rings. The molecule has 3 rings (SSSR count). The van der Waals surface area contributed by atoms with Gasteiger partial charge in [0, 0.05) is 18.4 Å². The van der Waals surface area contributed by atoms with Gasteiger partial charge in [-0.25, -0.2) is 0 Å². The minimum Gasteiger partial charge on any atom is -0.352 e. The molecule has 1 N–H and O–H groups in total. The lowest BCUT2D eigenvalue weighted by molar-refractivity contribution is -0.122. The average molecular weight is 374 g/mol. The number of halogens is 1. The number of thiocarbonyl (C=S) groups is 1. The van der Waals surface area contributed by atoms with Crippen LogP contribution in [0.1, 0.15) is 17.0 Å². The third-order valence-corrected chi connectivity index (χ3v) is 4.91. The highest BCUT2D eigenvalue weighted by Gasteiger charge is 2.35. The van der Waals surface area contributed by atoms with E-state index in [1.54, 1.807) is 30.3 Å². The summed E-state index contributed by atoms with van der Waals surface area (Å²) < 4.78 is 1.99. The summed E-state index contributed by atoms with van der Waals surface area (Å²) in [7, 11) is 1.93. The van der Waals surface area contributed by atoms with Crippen LogP contribution in [0.5, 0.6) is 0 Å². The van der Waals surface area contributed by atoms with Crippen LogP contribution in [-0.2, 0) is 16.6 Å². The molecule has 1 aliphatic rings. The van der Waals surface area contributed by atoms with Gasteiger partial charge in [-0.05, 0) is 55.9 Å². The van der Waals surface area contributed by atoms with Crippen molar-refractivity contribution in [3.63, 3.8) is 0 Å². The maximum atomic E-state index is 13.0. The Labute approximate surface area is 155 Å². The molecule has 1 saturated heterocycles. The largest absolute Gasteiger partial charge is 0.352 e. The first kappa shape index (κ1) is 17.4. The number of rotatable bonds is 2. The van der Waals surface area contributed by atoms with Crippen LogP contribution < -0.4 is 10.2 Å². The summed E-state index contributed by atoms with van der Waals surface area (Å²) in [6, 6.07) is 8.78. The molecule has 5 nitrogen and oxygen atoms in total. The summed E-state index contributed by atoms with van der Waals surface area (Å²) >= 11 is 11.4. The van der Waals surface area contributed by atoms with Crippen molar-refractivity contribution < 1.29 is 9.59 Å². The highest BCUT2D eigenvalue weighted by molar-refractivity contribution is 7.80. The van der Waals surface area contributed by atoms with Gasteiger partial charge in [0.05, 0.1) is 10.7 Å². The minimum atomic E-state index is -0.515. The molecule has 0 radical (unpaired) electrons. The van der Waals surface area contributed by atoms with E-state index in [9.17, 15) is 9.59 Å². The van der Waals surface area contributed by atoms with Crippen LogP contribution in [0.4, 0.5) is 5.69 Å². The third-order valence-electron chi connectivity index (χ3n) is 4.31. The second-order valence-electron chi connectivity index (χ2n) is 5.79. The molecule has 0 bridgehead atoms. The molecule has 0 unspecified atom stereocenters. The number of amides is 2. The monoisotopic (exact) mass is 373 g/mol. The molecule has 1 aliphatic heterocycles. The molecule has 7 heteroatoms. The van der Waals surface area contributed by atoms with Crippen LogP contribution in [0.25, 0.3) is 6.08 Å². The Bertz CT molecular complexity index is 946. The smallest absolute Gasteiger partial charge is 0.270 e. The van der Waals surface area contributed by atoms with Gasteiger partial charge in [0.25, 0.3) is 11.8 Å². The zero-order chi connectivity index (χ0) is 18.3. The number of para-hydroxylation sites is 1. The van der Waals surface area contributed by atoms with Gasteiger partial charge in [-0.15, -0.1) is 0 Å². The predicted octanol–water partition coefficient (Wildman–Crippen LogP) is 3.13. The van der Waals surface area contributed by atoms with Crippen LogP contribution >= 0.6 is 23.8 Å². The molecule has 0 atom stereocenters. The fraction of sp³-hybridized carbons (Fsp3) is 0.167. The summed E-state index contributed by atoms with van der Waals surface area (Å²) in [5.74, 6) is -1.01. The SMILES string of the molecule is Cc1cc(/C=C2\C(=O)NC(=S)N(c3ccccc3Cl)C2=O)c(C)n1C. The van der Waals surface area contributed by atoms with E-state index in [1.165, 1.54) is 4.90 Å². The molecule has 2 aromatic rings. The predicted molar refractivity (Wildman–Crippen MR) is 103 cm³/mol. The fourth-order valence-corrected chi connectivity index (χ4v) is 3.19. The highest BCUT2D eigenvalue weighted by atomic mass is 35.5. The lowest BCUT2D eigenvalue weighted by atomic mass is 10.1. The number of nitrogens with zero attached hydrogens (tertiary/aromatic N) is 2. The standard InChI is InChI=1S/C18H16ClN3O2S/c1-10-8-12(11(2)21(10)3)9-13-16(23)20-18(25)22(17(13)24)15-7-5-4-6-14(15)19/h4-9H,1-3H3,(H,20,23,25)/b13-9+. The van der Waals surface area contributed by atoms with Crippen molar-refractivity contribution in [3.05, 3.63) is 57.9 Å². The summed E-state index contributed by atoms with van der Waals surface area (Å²) in [4.78, 5) is 26.5. The van der Waals surface area contributed by atoms with Gasteiger partial charge in [0.2, 0.25) is 0 Å². The van der Waals surface area contributed by atoms with E-state index < -0.39 is 11.8 Å². The van der Waals surface area contributed by atoms with Crippen LogP contribution in [0, 0.1) is 13.8 Å². The molecule has 25 heavy (non-hydrogen) atoms. The number of benzene rings is 1. The van der Waals surface area contributed by atoms with E-state index in [0.717, 1.165) is 17.0 Å². The van der Waals surface area contributed by atoms with Crippen LogP contribution in [0.2, 0.25) is 5.02 Å². The van der Waals surface area contributed by atoms with Crippen molar-refractivity contribution in [1.29, 1.82) is 0 Å². The topological polar surface area (TPSA) is 54.3 Å². The average Bonchev–Trinajstić information content (AvgIpc) is 2.80. The Morgan fingerprint density at radius 3 is 2.48 bits per heavy atom.